The molecule has 1 N–H and O–H groups in total. The predicted octanol–water partition coefficient (Wildman–Crippen LogP) is 4.22. The first-order chi connectivity index (χ1) is 12.8. The van der Waals surface area contributed by atoms with Crippen molar-refractivity contribution >= 4 is 9.84 Å². The predicted molar refractivity (Wildman–Crippen MR) is 104 cm³/mol. The molecule has 146 valence electrons. The van der Waals surface area contributed by atoms with E-state index in [2.05, 4.69) is 5.32 Å². The minimum absolute atomic E-state index is 0.0433. The van der Waals surface area contributed by atoms with E-state index in [0.717, 1.165) is 24.8 Å². The van der Waals surface area contributed by atoms with E-state index in [1.54, 1.807) is 18.2 Å². The Hall–Kier alpha value is -1.92. The van der Waals surface area contributed by atoms with Crippen LogP contribution in [0.1, 0.15) is 49.3 Å². The minimum atomic E-state index is -3.16. The summed E-state index contributed by atoms with van der Waals surface area (Å²) in [6, 6.07) is 12.7. The van der Waals surface area contributed by atoms with Crippen LogP contribution in [0.15, 0.2) is 47.4 Å². The van der Waals surface area contributed by atoms with E-state index in [9.17, 15) is 12.8 Å². The Kier molecular flexibility index (Phi) is 5.86. The molecule has 0 bridgehead atoms. The Morgan fingerprint density at radius 1 is 1.15 bits per heavy atom. The van der Waals surface area contributed by atoms with Crippen LogP contribution in [0.4, 0.5) is 4.39 Å². The molecule has 2 aromatic rings. The fourth-order valence-electron chi connectivity index (χ4n) is 3.82. The summed E-state index contributed by atoms with van der Waals surface area (Å²) >= 11 is 0. The largest absolute Gasteiger partial charge is 0.494 e. The van der Waals surface area contributed by atoms with Gasteiger partial charge in [-0.15, -0.1) is 0 Å². The number of benzene rings is 2. The van der Waals surface area contributed by atoms with Gasteiger partial charge in [0, 0.05) is 18.3 Å². The lowest BCUT2D eigenvalue weighted by atomic mass is 9.97. The molecule has 1 aliphatic carbocycles. The van der Waals surface area contributed by atoms with Crippen LogP contribution in [-0.4, -0.2) is 27.8 Å². The number of hydrogen-bond acceptors (Lipinski definition) is 4. The van der Waals surface area contributed by atoms with Gasteiger partial charge in [0.05, 0.1) is 12.0 Å². The second kappa shape index (κ2) is 7.98. The molecule has 6 heteroatoms. The zero-order valence-corrected chi connectivity index (χ0v) is 16.7. The summed E-state index contributed by atoms with van der Waals surface area (Å²) in [6.45, 7) is 2.04. The molecule has 3 rings (SSSR count). The Bertz CT molecular complexity index is 896. The standard InChI is InChI=1S/C21H26FNO3S/c1-14(16-7-11-21(26-2)20(22)13-16)23-18-8-4-17(12-18)15-5-9-19(10-6-15)27(3,24)25/h5-7,9-11,13-14,17-18,23H,4,8,12H2,1-3H3/t14-,17+,18?/m1/s1. The van der Waals surface area contributed by atoms with E-state index in [-0.39, 0.29) is 17.6 Å². The summed E-state index contributed by atoms with van der Waals surface area (Å²) in [5.41, 5.74) is 2.07. The fraction of sp³-hybridized carbons (Fsp3) is 0.429. The van der Waals surface area contributed by atoms with Gasteiger partial charge >= 0.3 is 0 Å². The lowest BCUT2D eigenvalue weighted by molar-refractivity contribution is 0.385. The number of hydrogen-bond donors (Lipinski definition) is 1. The highest BCUT2D eigenvalue weighted by Gasteiger charge is 2.27. The maximum absolute atomic E-state index is 13.9. The Morgan fingerprint density at radius 2 is 1.85 bits per heavy atom. The first-order valence-electron chi connectivity index (χ1n) is 9.17. The normalized spacial score (nSPS) is 21.2. The second-order valence-corrected chi connectivity index (χ2v) is 9.35. The van der Waals surface area contributed by atoms with Crippen molar-refractivity contribution in [3.63, 3.8) is 0 Å². The molecular weight excluding hydrogens is 365 g/mol. The third kappa shape index (κ3) is 4.68. The molecule has 3 atom stereocenters. The van der Waals surface area contributed by atoms with E-state index >= 15 is 0 Å². The first kappa shape index (κ1) is 19.8. The average Bonchev–Trinajstić information content (AvgIpc) is 3.09. The number of halogens is 1. The smallest absolute Gasteiger partial charge is 0.175 e. The van der Waals surface area contributed by atoms with E-state index in [1.807, 2.05) is 25.1 Å². The van der Waals surface area contributed by atoms with Crippen LogP contribution >= 0.6 is 0 Å². The lowest BCUT2D eigenvalue weighted by Crippen LogP contribution is -2.29. The van der Waals surface area contributed by atoms with Crippen LogP contribution in [0.25, 0.3) is 0 Å². The zero-order valence-electron chi connectivity index (χ0n) is 15.9. The van der Waals surface area contributed by atoms with Gasteiger partial charge in [-0.3, -0.25) is 0 Å². The summed E-state index contributed by atoms with van der Waals surface area (Å²) in [4.78, 5) is 0.356. The van der Waals surface area contributed by atoms with Crippen LogP contribution in [0.5, 0.6) is 5.75 Å². The molecular formula is C21H26FNO3S. The molecule has 0 aliphatic heterocycles. The molecule has 0 radical (unpaired) electrons. The summed E-state index contributed by atoms with van der Waals surface area (Å²) in [6.07, 6.45) is 4.31. The van der Waals surface area contributed by atoms with E-state index < -0.39 is 9.84 Å². The Labute approximate surface area is 160 Å². The number of ether oxygens (including phenoxy) is 1. The molecule has 1 aliphatic rings. The minimum Gasteiger partial charge on any atom is -0.494 e. The van der Waals surface area contributed by atoms with Gasteiger partial charge in [0.15, 0.2) is 21.4 Å². The average molecular weight is 392 g/mol. The van der Waals surface area contributed by atoms with Gasteiger partial charge in [0.2, 0.25) is 0 Å². The monoisotopic (exact) mass is 391 g/mol. The molecule has 27 heavy (non-hydrogen) atoms. The molecule has 1 saturated carbocycles. The number of sulfone groups is 1. The summed E-state index contributed by atoms with van der Waals surface area (Å²) in [5.74, 6) is 0.319. The quantitative estimate of drug-likeness (QED) is 0.801. The molecule has 1 fully saturated rings. The Morgan fingerprint density at radius 3 is 2.44 bits per heavy atom. The van der Waals surface area contributed by atoms with Crippen molar-refractivity contribution in [3.8, 4) is 5.75 Å². The molecule has 0 spiro atoms. The van der Waals surface area contributed by atoms with Gasteiger partial charge in [-0.25, -0.2) is 12.8 Å². The summed E-state index contributed by atoms with van der Waals surface area (Å²) < 4.78 is 42.1. The highest BCUT2D eigenvalue weighted by atomic mass is 32.2. The van der Waals surface area contributed by atoms with Crippen LogP contribution in [0.3, 0.4) is 0 Å². The zero-order chi connectivity index (χ0) is 19.6. The van der Waals surface area contributed by atoms with Gasteiger partial charge in [-0.1, -0.05) is 18.2 Å². The van der Waals surface area contributed by atoms with Gasteiger partial charge in [0.1, 0.15) is 0 Å². The van der Waals surface area contributed by atoms with Crippen molar-refractivity contribution in [1.29, 1.82) is 0 Å². The maximum Gasteiger partial charge on any atom is 0.175 e. The van der Waals surface area contributed by atoms with Crippen LogP contribution in [-0.2, 0) is 9.84 Å². The number of nitrogens with one attached hydrogen (secondary N) is 1. The van der Waals surface area contributed by atoms with Crippen molar-refractivity contribution in [3.05, 3.63) is 59.4 Å². The molecule has 1 unspecified atom stereocenters. The van der Waals surface area contributed by atoms with Crippen LogP contribution < -0.4 is 10.1 Å². The van der Waals surface area contributed by atoms with Gasteiger partial charge in [-0.05, 0) is 67.5 Å². The maximum atomic E-state index is 13.9. The molecule has 2 aromatic carbocycles. The van der Waals surface area contributed by atoms with Crippen LogP contribution in [0.2, 0.25) is 0 Å². The molecule has 0 aromatic heterocycles. The van der Waals surface area contributed by atoms with Crippen molar-refractivity contribution in [1.82, 2.24) is 5.32 Å². The number of rotatable bonds is 6. The van der Waals surface area contributed by atoms with E-state index in [4.69, 9.17) is 4.74 Å². The molecule has 4 nitrogen and oxygen atoms in total. The second-order valence-electron chi connectivity index (χ2n) is 7.33. The van der Waals surface area contributed by atoms with Crippen molar-refractivity contribution < 1.29 is 17.5 Å². The van der Waals surface area contributed by atoms with E-state index in [1.165, 1.54) is 25.0 Å². The molecule has 0 amide bonds. The van der Waals surface area contributed by atoms with Crippen LogP contribution in [0, 0.1) is 5.82 Å². The topological polar surface area (TPSA) is 55.4 Å². The first-order valence-corrected chi connectivity index (χ1v) is 11.1. The van der Waals surface area contributed by atoms with Gasteiger partial charge < -0.3 is 10.1 Å². The van der Waals surface area contributed by atoms with Gasteiger partial charge in [-0.2, -0.15) is 0 Å². The molecule has 0 heterocycles. The van der Waals surface area contributed by atoms with E-state index in [0.29, 0.717) is 16.9 Å². The fourth-order valence-corrected chi connectivity index (χ4v) is 4.46. The third-order valence-electron chi connectivity index (χ3n) is 5.37. The highest BCUT2D eigenvalue weighted by molar-refractivity contribution is 7.90. The summed E-state index contributed by atoms with van der Waals surface area (Å²) in [7, 11) is -1.70. The van der Waals surface area contributed by atoms with Crippen molar-refractivity contribution in [2.24, 2.45) is 0 Å². The van der Waals surface area contributed by atoms with Crippen molar-refractivity contribution in [2.75, 3.05) is 13.4 Å². The summed E-state index contributed by atoms with van der Waals surface area (Å²) in [5, 5.41) is 3.59. The van der Waals surface area contributed by atoms with Crippen molar-refractivity contribution in [2.45, 2.75) is 49.1 Å². The van der Waals surface area contributed by atoms with Gasteiger partial charge in [0.25, 0.3) is 0 Å². The third-order valence-corrected chi connectivity index (χ3v) is 6.50. The highest BCUT2D eigenvalue weighted by Crippen LogP contribution is 2.36. The number of methoxy groups -OCH3 is 1. The lowest BCUT2D eigenvalue weighted by Gasteiger charge is -2.20. The Balaban J connectivity index is 1.61. The SMILES string of the molecule is COc1ccc([C@@H](C)NC2CC[C@H](c3ccc(S(C)(=O)=O)cc3)C2)cc1F. The molecule has 0 saturated heterocycles.